The molecule has 1 saturated heterocycles. The van der Waals surface area contributed by atoms with Crippen LogP contribution in [0.15, 0.2) is 48.8 Å². The molecule has 5 heteroatoms. The largest absolute Gasteiger partial charge is 0.341 e. The van der Waals surface area contributed by atoms with E-state index >= 15 is 0 Å². The van der Waals surface area contributed by atoms with Crippen LogP contribution in [-0.2, 0) is 11.3 Å². The van der Waals surface area contributed by atoms with Crippen molar-refractivity contribution < 1.29 is 4.79 Å². The van der Waals surface area contributed by atoms with Crippen molar-refractivity contribution in [3.05, 3.63) is 54.4 Å². The molecule has 3 rings (SSSR count). The maximum absolute atomic E-state index is 13.2. The Morgan fingerprint density at radius 3 is 2.42 bits per heavy atom. The number of carbonyl (C=O) groups excluding carboxylic acids is 1. The Kier molecular flexibility index (Phi) is 6.21. The molecule has 0 spiro atoms. The van der Waals surface area contributed by atoms with Crippen molar-refractivity contribution in [1.29, 1.82) is 0 Å². The van der Waals surface area contributed by atoms with Gasteiger partial charge in [0.05, 0.1) is 0 Å². The van der Waals surface area contributed by atoms with Gasteiger partial charge in [-0.15, -0.1) is 0 Å². The van der Waals surface area contributed by atoms with Crippen molar-refractivity contribution in [2.24, 2.45) is 5.92 Å². The van der Waals surface area contributed by atoms with E-state index in [2.05, 4.69) is 45.7 Å². The van der Waals surface area contributed by atoms with Gasteiger partial charge in [0.15, 0.2) is 0 Å². The molecule has 1 fully saturated rings. The van der Waals surface area contributed by atoms with E-state index in [9.17, 15) is 4.79 Å². The number of benzene rings is 1. The predicted octanol–water partition coefficient (Wildman–Crippen LogP) is 3.52. The second-order valence-corrected chi connectivity index (χ2v) is 7.02. The van der Waals surface area contributed by atoms with Crippen LogP contribution in [-0.4, -0.2) is 39.9 Å². The fraction of sp³-hybridized carbons (Fsp3) is 0.476. The van der Waals surface area contributed by atoms with Gasteiger partial charge >= 0.3 is 0 Å². The zero-order valence-corrected chi connectivity index (χ0v) is 15.7. The molecule has 2 aromatic rings. The van der Waals surface area contributed by atoms with Crippen molar-refractivity contribution in [1.82, 2.24) is 14.9 Å². The van der Waals surface area contributed by atoms with E-state index in [1.807, 2.05) is 24.3 Å². The van der Waals surface area contributed by atoms with Gasteiger partial charge in [-0.2, -0.15) is 0 Å². The summed E-state index contributed by atoms with van der Waals surface area (Å²) in [5, 5.41) is 0. The summed E-state index contributed by atoms with van der Waals surface area (Å²) in [5.74, 6) is 1.14. The summed E-state index contributed by atoms with van der Waals surface area (Å²) in [4.78, 5) is 26.1. The van der Waals surface area contributed by atoms with Gasteiger partial charge in [0.25, 0.3) is 0 Å². The standard InChI is InChI=1S/C21H28N4O/c1-3-17(2)25(16-18-8-5-4-6-9-18)20(26)19-10-14-24(15-11-19)21-22-12-7-13-23-21/h4-9,12-13,17,19H,3,10-11,14-16H2,1-2H3. The van der Waals surface area contributed by atoms with Gasteiger partial charge in [-0.25, -0.2) is 9.97 Å². The Hall–Kier alpha value is -2.43. The van der Waals surface area contributed by atoms with Gasteiger partial charge in [0.2, 0.25) is 11.9 Å². The fourth-order valence-electron chi connectivity index (χ4n) is 3.47. The Labute approximate surface area is 156 Å². The van der Waals surface area contributed by atoms with Crippen LogP contribution in [0.25, 0.3) is 0 Å². The number of hydrogen-bond donors (Lipinski definition) is 0. The second-order valence-electron chi connectivity index (χ2n) is 7.02. The molecule has 1 aliphatic heterocycles. The van der Waals surface area contributed by atoms with E-state index in [1.54, 1.807) is 12.4 Å². The number of aromatic nitrogens is 2. The van der Waals surface area contributed by atoms with E-state index in [0.717, 1.165) is 38.3 Å². The van der Waals surface area contributed by atoms with Gasteiger partial charge in [-0.1, -0.05) is 37.3 Å². The molecular weight excluding hydrogens is 324 g/mol. The quantitative estimate of drug-likeness (QED) is 0.798. The lowest BCUT2D eigenvalue weighted by atomic mass is 9.94. The van der Waals surface area contributed by atoms with Gasteiger partial charge < -0.3 is 9.80 Å². The number of nitrogens with zero attached hydrogens (tertiary/aromatic N) is 4. The van der Waals surface area contributed by atoms with Gasteiger partial charge in [-0.05, 0) is 37.8 Å². The van der Waals surface area contributed by atoms with Crippen LogP contribution in [0.3, 0.4) is 0 Å². The highest BCUT2D eigenvalue weighted by Gasteiger charge is 2.31. The lowest BCUT2D eigenvalue weighted by Gasteiger charge is -2.36. The molecule has 138 valence electrons. The predicted molar refractivity (Wildman–Crippen MR) is 104 cm³/mol. The number of anilines is 1. The highest BCUT2D eigenvalue weighted by Crippen LogP contribution is 2.24. The van der Waals surface area contributed by atoms with Crippen molar-refractivity contribution in [3.8, 4) is 0 Å². The summed E-state index contributed by atoms with van der Waals surface area (Å²) in [5.41, 5.74) is 1.19. The van der Waals surface area contributed by atoms with E-state index < -0.39 is 0 Å². The maximum atomic E-state index is 13.2. The van der Waals surface area contributed by atoms with Crippen molar-refractivity contribution in [2.45, 2.75) is 45.7 Å². The average molecular weight is 352 g/mol. The first kappa shape index (κ1) is 18.4. The summed E-state index contributed by atoms with van der Waals surface area (Å²) >= 11 is 0. The third kappa shape index (κ3) is 4.40. The van der Waals surface area contributed by atoms with Crippen LogP contribution in [0.1, 0.15) is 38.7 Å². The number of amides is 1. The molecule has 0 saturated carbocycles. The van der Waals surface area contributed by atoms with Gasteiger partial charge in [0.1, 0.15) is 0 Å². The van der Waals surface area contributed by atoms with Crippen LogP contribution < -0.4 is 4.90 Å². The van der Waals surface area contributed by atoms with E-state index in [-0.39, 0.29) is 17.9 Å². The van der Waals surface area contributed by atoms with Crippen LogP contribution in [0, 0.1) is 5.92 Å². The molecule has 1 unspecified atom stereocenters. The first-order valence-corrected chi connectivity index (χ1v) is 9.55. The molecule has 1 aromatic carbocycles. The Balaban J connectivity index is 1.64. The molecular formula is C21H28N4O. The minimum absolute atomic E-state index is 0.0904. The molecule has 5 nitrogen and oxygen atoms in total. The first-order valence-electron chi connectivity index (χ1n) is 9.55. The molecule has 0 bridgehead atoms. The molecule has 0 aliphatic carbocycles. The van der Waals surface area contributed by atoms with E-state index in [0.29, 0.717) is 6.54 Å². The number of hydrogen-bond acceptors (Lipinski definition) is 4. The van der Waals surface area contributed by atoms with Crippen LogP contribution in [0.2, 0.25) is 0 Å². The lowest BCUT2D eigenvalue weighted by molar-refractivity contribution is -0.139. The number of carbonyl (C=O) groups is 1. The Bertz CT molecular complexity index is 684. The van der Waals surface area contributed by atoms with Crippen molar-refractivity contribution in [2.75, 3.05) is 18.0 Å². The first-order chi connectivity index (χ1) is 12.7. The highest BCUT2D eigenvalue weighted by atomic mass is 16.2. The molecule has 1 aliphatic rings. The molecule has 26 heavy (non-hydrogen) atoms. The third-order valence-electron chi connectivity index (χ3n) is 5.28. The van der Waals surface area contributed by atoms with E-state index in [4.69, 9.17) is 0 Å². The van der Waals surface area contributed by atoms with Gasteiger partial charge in [0, 0.05) is 44.0 Å². The Morgan fingerprint density at radius 1 is 1.15 bits per heavy atom. The SMILES string of the molecule is CCC(C)N(Cc1ccccc1)C(=O)C1CCN(c2ncccn2)CC1. The average Bonchev–Trinajstić information content (AvgIpc) is 2.72. The number of rotatable bonds is 6. The zero-order chi connectivity index (χ0) is 18.4. The van der Waals surface area contributed by atoms with Gasteiger partial charge in [-0.3, -0.25) is 4.79 Å². The fourth-order valence-corrected chi connectivity index (χ4v) is 3.47. The van der Waals surface area contributed by atoms with Crippen LogP contribution >= 0.6 is 0 Å². The third-order valence-corrected chi connectivity index (χ3v) is 5.28. The smallest absolute Gasteiger partial charge is 0.226 e. The maximum Gasteiger partial charge on any atom is 0.226 e. The molecule has 1 amide bonds. The van der Waals surface area contributed by atoms with Crippen molar-refractivity contribution >= 4 is 11.9 Å². The molecule has 0 radical (unpaired) electrons. The molecule has 0 N–H and O–H groups in total. The summed E-state index contributed by atoms with van der Waals surface area (Å²) in [6, 6.07) is 12.3. The van der Waals surface area contributed by atoms with Crippen molar-refractivity contribution in [3.63, 3.8) is 0 Å². The summed E-state index contributed by atoms with van der Waals surface area (Å²) in [7, 11) is 0. The lowest BCUT2D eigenvalue weighted by Crippen LogP contribution is -2.45. The molecule has 1 aromatic heterocycles. The summed E-state index contributed by atoms with van der Waals surface area (Å²) < 4.78 is 0. The second kappa shape index (κ2) is 8.79. The Morgan fingerprint density at radius 2 is 1.81 bits per heavy atom. The zero-order valence-electron chi connectivity index (χ0n) is 15.7. The topological polar surface area (TPSA) is 49.3 Å². The minimum Gasteiger partial charge on any atom is -0.341 e. The highest BCUT2D eigenvalue weighted by molar-refractivity contribution is 5.79. The summed E-state index contributed by atoms with van der Waals surface area (Å²) in [6.45, 7) is 6.65. The molecule has 2 heterocycles. The van der Waals surface area contributed by atoms with Crippen LogP contribution in [0.4, 0.5) is 5.95 Å². The number of piperidine rings is 1. The van der Waals surface area contributed by atoms with Crippen LogP contribution in [0.5, 0.6) is 0 Å². The monoisotopic (exact) mass is 352 g/mol. The normalized spacial score (nSPS) is 16.3. The van der Waals surface area contributed by atoms with E-state index in [1.165, 1.54) is 5.56 Å². The summed E-state index contributed by atoms with van der Waals surface area (Å²) in [6.07, 6.45) is 6.22. The minimum atomic E-state index is 0.0904. The molecule has 1 atom stereocenters.